The van der Waals surface area contributed by atoms with Crippen LogP contribution in [0.1, 0.15) is 56.6 Å². The van der Waals surface area contributed by atoms with Gasteiger partial charge in [-0.05, 0) is 43.2 Å². The van der Waals surface area contributed by atoms with Crippen LogP contribution in [0.3, 0.4) is 0 Å². The highest BCUT2D eigenvalue weighted by molar-refractivity contribution is 5.91. The number of benzene rings is 1. The van der Waals surface area contributed by atoms with Crippen molar-refractivity contribution in [2.24, 2.45) is 5.92 Å². The lowest BCUT2D eigenvalue weighted by Crippen LogP contribution is -2.46. The third-order valence-electron chi connectivity index (χ3n) is 6.65. The maximum atomic E-state index is 13.4. The molecule has 2 amide bonds. The van der Waals surface area contributed by atoms with Crippen LogP contribution >= 0.6 is 0 Å². The fourth-order valence-corrected chi connectivity index (χ4v) is 4.89. The second-order valence-electron chi connectivity index (χ2n) is 8.84. The van der Waals surface area contributed by atoms with Crippen molar-refractivity contribution in [3.8, 4) is 5.75 Å². The molecular formula is C22H30N2O3. The van der Waals surface area contributed by atoms with Gasteiger partial charge in [-0.3, -0.25) is 9.59 Å². The summed E-state index contributed by atoms with van der Waals surface area (Å²) >= 11 is 0. The topological polar surface area (TPSA) is 49.9 Å². The Labute approximate surface area is 161 Å². The van der Waals surface area contributed by atoms with Crippen molar-refractivity contribution in [2.45, 2.75) is 56.9 Å². The third kappa shape index (κ3) is 2.91. The first kappa shape index (κ1) is 18.3. The van der Waals surface area contributed by atoms with Crippen LogP contribution in [0.5, 0.6) is 5.75 Å². The zero-order chi connectivity index (χ0) is 19.3. The summed E-state index contributed by atoms with van der Waals surface area (Å²) in [7, 11) is 3.54. The van der Waals surface area contributed by atoms with Crippen molar-refractivity contribution in [1.82, 2.24) is 9.80 Å². The molecule has 0 N–H and O–H groups in total. The number of hydrogen-bond donors (Lipinski definition) is 0. The molecule has 1 saturated carbocycles. The molecule has 2 fully saturated rings. The van der Waals surface area contributed by atoms with Crippen molar-refractivity contribution in [3.63, 3.8) is 0 Å². The molecule has 146 valence electrons. The van der Waals surface area contributed by atoms with E-state index in [1.165, 1.54) is 11.1 Å². The first-order chi connectivity index (χ1) is 12.8. The Morgan fingerprint density at radius 2 is 2.07 bits per heavy atom. The molecular weight excluding hydrogens is 340 g/mol. The van der Waals surface area contributed by atoms with Crippen LogP contribution in [0.4, 0.5) is 0 Å². The predicted octanol–water partition coefficient (Wildman–Crippen LogP) is 2.93. The van der Waals surface area contributed by atoms with Crippen molar-refractivity contribution in [1.29, 1.82) is 0 Å². The number of rotatable bonds is 3. The minimum absolute atomic E-state index is 0.0156. The standard InChI is InChI=1S/C22H30N2O3/c1-14(2)15-7-8-19-16(12-15)22(9-11-27-19)13-17(22)20(25)24-10-5-6-18(24)21(26)23(3)4/h7-8,12,14,17-18H,5-6,9-11,13H2,1-4H3/t17-,18?,22-/m0/s1. The van der Waals surface area contributed by atoms with Crippen molar-refractivity contribution in [3.05, 3.63) is 29.3 Å². The first-order valence-corrected chi connectivity index (χ1v) is 10.1. The number of amides is 2. The largest absolute Gasteiger partial charge is 0.493 e. The van der Waals surface area contributed by atoms with Gasteiger partial charge in [0.2, 0.25) is 11.8 Å². The van der Waals surface area contributed by atoms with E-state index < -0.39 is 0 Å². The Bertz CT molecular complexity index is 773. The van der Waals surface area contributed by atoms with Crippen LogP contribution in [0.2, 0.25) is 0 Å². The number of likely N-dealkylation sites (N-methyl/N-ethyl adjacent to an activating group) is 1. The number of fused-ring (bicyclic) bond motifs is 2. The normalized spacial score (nSPS) is 28.9. The second-order valence-corrected chi connectivity index (χ2v) is 8.84. The first-order valence-electron chi connectivity index (χ1n) is 10.1. The molecule has 0 bridgehead atoms. The maximum absolute atomic E-state index is 13.4. The minimum atomic E-state index is -0.286. The van der Waals surface area contributed by atoms with E-state index in [-0.39, 0.29) is 29.2 Å². The van der Waals surface area contributed by atoms with Crippen LogP contribution in [-0.2, 0) is 15.0 Å². The molecule has 1 saturated heterocycles. The Kier molecular flexibility index (Phi) is 4.44. The maximum Gasteiger partial charge on any atom is 0.244 e. The number of likely N-dealkylation sites (tertiary alicyclic amines) is 1. The van der Waals surface area contributed by atoms with Crippen LogP contribution in [0, 0.1) is 5.92 Å². The molecule has 1 unspecified atom stereocenters. The van der Waals surface area contributed by atoms with Crippen LogP contribution in [0.15, 0.2) is 18.2 Å². The molecule has 0 radical (unpaired) electrons. The summed E-state index contributed by atoms with van der Waals surface area (Å²) in [4.78, 5) is 29.3. The molecule has 5 nitrogen and oxygen atoms in total. The summed E-state index contributed by atoms with van der Waals surface area (Å²) in [5.41, 5.74) is 2.40. The Balaban J connectivity index is 1.60. The Hall–Kier alpha value is -2.04. The molecule has 3 aliphatic rings. The Morgan fingerprint density at radius 3 is 2.78 bits per heavy atom. The smallest absolute Gasteiger partial charge is 0.244 e. The fourth-order valence-electron chi connectivity index (χ4n) is 4.89. The molecule has 0 aromatic heterocycles. The molecule has 3 atom stereocenters. The summed E-state index contributed by atoms with van der Waals surface area (Å²) in [6.45, 7) is 5.74. The van der Waals surface area contributed by atoms with Gasteiger partial charge < -0.3 is 14.5 Å². The van der Waals surface area contributed by atoms with E-state index in [0.29, 0.717) is 19.1 Å². The van der Waals surface area contributed by atoms with Crippen LogP contribution in [-0.4, -0.2) is 54.9 Å². The molecule has 2 heterocycles. The predicted molar refractivity (Wildman–Crippen MR) is 104 cm³/mol. The molecule has 2 aliphatic heterocycles. The molecule has 5 heteroatoms. The van der Waals surface area contributed by atoms with Crippen molar-refractivity contribution >= 4 is 11.8 Å². The van der Waals surface area contributed by atoms with E-state index >= 15 is 0 Å². The molecule has 1 aromatic carbocycles. The van der Waals surface area contributed by atoms with Gasteiger partial charge in [0.1, 0.15) is 11.8 Å². The molecule has 4 rings (SSSR count). The summed E-state index contributed by atoms with van der Waals surface area (Å²) in [6, 6.07) is 6.17. The van der Waals surface area contributed by atoms with Gasteiger partial charge in [0.25, 0.3) is 0 Å². The van der Waals surface area contributed by atoms with Crippen LogP contribution in [0.25, 0.3) is 0 Å². The average molecular weight is 370 g/mol. The number of nitrogens with zero attached hydrogens (tertiary/aromatic N) is 2. The number of hydrogen-bond acceptors (Lipinski definition) is 3. The molecule has 1 aliphatic carbocycles. The second kappa shape index (κ2) is 6.54. The highest BCUT2D eigenvalue weighted by atomic mass is 16.5. The number of ether oxygens (including phenoxy) is 1. The third-order valence-corrected chi connectivity index (χ3v) is 6.65. The van der Waals surface area contributed by atoms with E-state index in [1.807, 2.05) is 4.90 Å². The van der Waals surface area contributed by atoms with Gasteiger partial charge in [-0.15, -0.1) is 0 Å². The van der Waals surface area contributed by atoms with E-state index in [0.717, 1.165) is 31.4 Å². The fraction of sp³-hybridized carbons (Fsp3) is 0.636. The van der Waals surface area contributed by atoms with Crippen molar-refractivity contribution < 1.29 is 14.3 Å². The van der Waals surface area contributed by atoms with Gasteiger partial charge in [0.15, 0.2) is 0 Å². The zero-order valence-corrected chi connectivity index (χ0v) is 16.8. The zero-order valence-electron chi connectivity index (χ0n) is 16.8. The monoisotopic (exact) mass is 370 g/mol. The SMILES string of the molecule is CC(C)c1ccc2c(c1)[C@]1(CCO2)C[C@H]1C(=O)N1CCCC1C(=O)N(C)C. The highest BCUT2D eigenvalue weighted by Crippen LogP contribution is 2.61. The number of carbonyl (C=O) groups excluding carboxylic acids is 2. The van der Waals surface area contributed by atoms with Crippen molar-refractivity contribution in [2.75, 3.05) is 27.2 Å². The number of carbonyl (C=O) groups is 2. The highest BCUT2D eigenvalue weighted by Gasteiger charge is 2.62. The lowest BCUT2D eigenvalue weighted by atomic mass is 9.85. The summed E-state index contributed by atoms with van der Waals surface area (Å²) in [5.74, 6) is 1.57. The van der Waals surface area contributed by atoms with Gasteiger partial charge in [-0.25, -0.2) is 0 Å². The quantitative estimate of drug-likeness (QED) is 0.822. The van der Waals surface area contributed by atoms with Gasteiger partial charge >= 0.3 is 0 Å². The average Bonchev–Trinajstić information content (AvgIpc) is 3.14. The molecule has 1 spiro atoms. The van der Waals surface area contributed by atoms with Crippen LogP contribution < -0.4 is 4.74 Å². The van der Waals surface area contributed by atoms with E-state index in [1.54, 1.807) is 19.0 Å². The summed E-state index contributed by atoms with van der Waals surface area (Å²) in [5, 5.41) is 0. The lowest BCUT2D eigenvalue weighted by molar-refractivity contribution is -0.143. The van der Waals surface area contributed by atoms with E-state index in [4.69, 9.17) is 4.74 Å². The van der Waals surface area contributed by atoms with Gasteiger partial charge in [-0.1, -0.05) is 26.0 Å². The van der Waals surface area contributed by atoms with E-state index in [9.17, 15) is 9.59 Å². The Morgan fingerprint density at radius 1 is 1.30 bits per heavy atom. The minimum Gasteiger partial charge on any atom is -0.493 e. The summed E-state index contributed by atoms with van der Waals surface area (Å²) < 4.78 is 5.89. The summed E-state index contributed by atoms with van der Waals surface area (Å²) in [6.07, 6.45) is 3.45. The lowest BCUT2D eigenvalue weighted by Gasteiger charge is -2.30. The van der Waals surface area contributed by atoms with Gasteiger partial charge in [0, 0.05) is 37.5 Å². The van der Waals surface area contributed by atoms with Gasteiger partial charge in [0.05, 0.1) is 6.61 Å². The van der Waals surface area contributed by atoms with Gasteiger partial charge in [-0.2, -0.15) is 0 Å². The molecule has 1 aromatic rings. The van der Waals surface area contributed by atoms with E-state index in [2.05, 4.69) is 32.0 Å². The molecule has 27 heavy (non-hydrogen) atoms.